The van der Waals surface area contributed by atoms with Crippen LogP contribution in [0.3, 0.4) is 0 Å². The SMILES string of the molecule is O=C(CC1(O)C(=O)N(Cc2ccc(Cl)cc2Cl)c2ccc(Br)cc21)c1cccc2ccccc12. The monoisotopic (exact) mass is 553 g/mol. The van der Waals surface area contributed by atoms with Crippen LogP contribution >= 0.6 is 39.1 Å². The minimum atomic E-state index is -2.01. The maximum Gasteiger partial charge on any atom is 0.264 e. The summed E-state index contributed by atoms with van der Waals surface area (Å²) in [5, 5.41) is 14.3. The first kappa shape index (κ1) is 23.1. The number of halogens is 3. The molecule has 4 aromatic carbocycles. The number of ketones is 1. The molecule has 0 radical (unpaired) electrons. The number of Topliss-reactive ketones (excluding diaryl/α,β-unsaturated/α-hetero) is 1. The third-order valence-corrected chi connectivity index (χ3v) is 7.22. The number of aliphatic hydroxyl groups is 1. The molecule has 0 saturated heterocycles. The molecule has 0 fully saturated rings. The number of carbonyl (C=O) groups excluding carboxylic acids is 2. The van der Waals surface area contributed by atoms with Gasteiger partial charge in [0.1, 0.15) is 0 Å². The van der Waals surface area contributed by atoms with Crippen molar-refractivity contribution < 1.29 is 14.7 Å². The zero-order chi connectivity index (χ0) is 24.0. The fraction of sp³-hybridized carbons (Fsp3) is 0.111. The number of benzene rings is 4. The molecule has 0 aromatic heterocycles. The predicted octanol–water partition coefficient (Wildman–Crippen LogP) is 6.92. The Morgan fingerprint density at radius 2 is 1.74 bits per heavy atom. The average molecular weight is 555 g/mol. The van der Waals surface area contributed by atoms with E-state index in [-0.39, 0.29) is 18.7 Å². The number of fused-ring (bicyclic) bond motifs is 2. The molecule has 1 heterocycles. The van der Waals surface area contributed by atoms with Gasteiger partial charge in [-0.3, -0.25) is 9.59 Å². The van der Waals surface area contributed by atoms with Crippen molar-refractivity contribution in [3.8, 4) is 0 Å². The van der Waals surface area contributed by atoms with Crippen molar-refractivity contribution in [1.29, 1.82) is 0 Å². The van der Waals surface area contributed by atoms with Crippen LogP contribution in [0.25, 0.3) is 10.8 Å². The molecule has 0 aliphatic carbocycles. The van der Waals surface area contributed by atoms with Gasteiger partial charge < -0.3 is 10.0 Å². The predicted molar refractivity (Wildman–Crippen MR) is 139 cm³/mol. The summed E-state index contributed by atoms with van der Waals surface area (Å²) in [6.07, 6.45) is -0.381. The fourth-order valence-corrected chi connectivity index (χ4v) is 5.30. The molecule has 7 heteroatoms. The summed E-state index contributed by atoms with van der Waals surface area (Å²) in [4.78, 5) is 28.6. The summed E-state index contributed by atoms with van der Waals surface area (Å²) < 4.78 is 0.696. The van der Waals surface area contributed by atoms with Crippen molar-refractivity contribution >= 4 is 67.3 Å². The zero-order valence-corrected chi connectivity index (χ0v) is 20.9. The molecule has 0 spiro atoms. The summed E-state index contributed by atoms with van der Waals surface area (Å²) in [5.74, 6) is -0.884. The van der Waals surface area contributed by atoms with Gasteiger partial charge in [-0.2, -0.15) is 0 Å². The van der Waals surface area contributed by atoms with Gasteiger partial charge in [0.15, 0.2) is 11.4 Å². The molecule has 4 aromatic rings. The molecule has 1 N–H and O–H groups in total. The molecule has 0 saturated carbocycles. The lowest BCUT2D eigenvalue weighted by Crippen LogP contribution is -2.41. The highest BCUT2D eigenvalue weighted by Gasteiger charge is 2.51. The van der Waals surface area contributed by atoms with Gasteiger partial charge in [0.05, 0.1) is 18.7 Å². The number of anilines is 1. The van der Waals surface area contributed by atoms with Crippen LogP contribution in [0, 0.1) is 0 Å². The van der Waals surface area contributed by atoms with Crippen LogP contribution in [0.1, 0.15) is 27.9 Å². The fourth-order valence-electron chi connectivity index (χ4n) is 4.47. The molecule has 1 aliphatic heterocycles. The zero-order valence-electron chi connectivity index (χ0n) is 17.8. The second-order valence-corrected chi connectivity index (χ2v) is 10.0. The Balaban J connectivity index is 1.55. The second kappa shape index (κ2) is 8.82. The van der Waals surface area contributed by atoms with Crippen molar-refractivity contribution in [1.82, 2.24) is 0 Å². The van der Waals surface area contributed by atoms with E-state index in [1.54, 1.807) is 48.5 Å². The van der Waals surface area contributed by atoms with E-state index in [4.69, 9.17) is 23.2 Å². The first-order valence-electron chi connectivity index (χ1n) is 10.6. The molecular weight excluding hydrogens is 537 g/mol. The largest absolute Gasteiger partial charge is 0.375 e. The Morgan fingerprint density at radius 3 is 2.53 bits per heavy atom. The number of nitrogens with zero attached hydrogens (tertiary/aromatic N) is 1. The van der Waals surface area contributed by atoms with Crippen molar-refractivity contribution in [2.45, 2.75) is 18.6 Å². The third kappa shape index (κ3) is 3.93. The second-order valence-electron chi connectivity index (χ2n) is 8.28. The van der Waals surface area contributed by atoms with Crippen LogP contribution in [-0.4, -0.2) is 16.8 Å². The van der Waals surface area contributed by atoms with E-state index >= 15 is 0 Å². The van der Waals surface area contributed by atoms with E-state index in [1.165, 1.54) is 4.90 Å². The summed E-state index contributed by atoms with van der Waals surface area (Å²) in [6.45, 7) is 0.133. The topological polar surface area (TPSA) is 57.6 Å². The minimum Gasteiger partial charge on any atom is -0.375 e. The molecule has 1 aliphatic rings. The molecule has 170 valence electrons. The Kier molecular flexibility index (Phi) is 5.98. The van der Waals surface area contributed by atoms with Gasteiger partial charge in [0.2, 0.25) is 0 Å². The van der Waals surface area contributed by atoms with Gasteiger partial charge in [0.25, 0.3) is 5.91 Å². The standard InChI is InChI=1S/C27H18BrCl2NO3/c28-18-9-11-24-22(12-18)27(34,26(33)31(24)15-17-8-10-19(29)13-23(17)30)14-25(32)21-7-3-5-16-4-1-2-6-20(16)21/h1-13,34H,14-15H2. The normalized spacial score (nSPS) is 17.3. The van der Waals surface area contributed by atoms with Gasteiger partial charge in [-0.15, -0.1) is 0 Å². The summed E-state index contributed by atoms with van der Waals surface area (Å²) in [6, 6.07) is 23.3. The highest BCUT2D eigenvalue weighted by Crippen LogP contribution is 2.45. The Hall–Kier alpha value is -2.70. The van der Waals surface area contributed by atoms with E-state index in [0.29, 0.717) is 36.9 Å². The number of amides is 1. The van der Waals surface area contributed by atoms with Crippen LogP contribution in [0.4, 0.5) is 5.69 Å². The molecule has 5 rings (SSSR count). The quantitative estimate of drug-likeness (QED) is 0.272. The van der Waals surface area contributed by atoms with Crippen molar-refractivity contribution in [3.05, 3.63) is 110 Å². The van der Waals surface area contributed by atoms with E-state index < -0.39 is 11.5 Å². The number of hydrogen-bond acceptors (Lipinski definition) is 3. The van der Waals surface area contributed by atoms with Crippen LogP contribution in [0.15, 0.2) is 83.3 Å². The van der Waals surface area contributed by atoms with Crippen molar-refractivity contribution in [3.63, 3.8) is 0 Å². The van der Waals surface area contributed by atoms with Gasteiger partial charge in [-0.1, -0.05) is 87.7 Å². The van der Waals surface area contributed by atoms with Crippen LogP contribution in [0.5, 0.6) is 0 Å². The maximum absolute atomic E-state index is 13.6. The number of hydrogen-bond donors (Lipinski definition) is 1. The minimum absolute atomic E-state index is 0.133. The molecule has 4 nitrogen and oxygen atoms in total. The van der Waals surface area contributed by atoms with Crippen molar-refractivity contribution in [2.75, 3.05) is 4.90 Å². The van der Waals surface area contributed by atoms with E-state index in [2.05, 4.69) is 15.9 Å². The first-order valence-corrected chi connectivity index (χ1v) is 12.1. The van der Waals surface area contributed by atoms with Gasteiger partial charge in [-0.25, -0.2) is 0 Å². The Bertz CT molecular complexity index is 1470. The molecule has 1 atom stereocenters. The lowest BCUT2D eigenvalue weighted by molar-refractivity contribution is -0.136. The summed E-state index contributed by atoms with van der Waals surface area (Å²) in [7, 11) is 0. The maximum atomic E-state index is 13.6. The van der Waals surface area contributed by atoms with Gasteiger partial charge in [-0.05, 0) is 46.7 Å². The molecule has 1 amide bonds. The Labute approximate surface area is 214 Å². The highest BCUT2D eigenvalue weighted by atomic mass is 79.9. The van der Waals surface area contributed by atoms with E-state index in [1.807, 2.05) is 30.3 Å². The average Bonchev–Trinajstić information content (AvgIpc) is 3.01. The lowest BCUT2D eigenvalue weighted by Gasteiger charge is -2.23. The number of rotatable bonds is 5. The van der Waals surface area contributed by atoms with Gasteiger partial charge in [0, 0.05) is 25.6 Å². The highest BCUT2D eigenvalue weighted by molar-refractivity contribution is 9.10. The van der Waals surface area contributed by atoms with Crippen LogP contribution < -0.4 is 4.90 Å². The summed E-state index contributed by atoms with van der Waals surface area (Å²) >= 11 is 15.8. The first-order chi connectivity index (χ1) is 16.3. The van der Waals surface area contributed by atoms with Crippen molar-refractivity contribution in [2.24, 2.45) is 0 Å². The third-order valence-electron chi connectivity index (χ3n) is 6.14. The smallest absolute Gasteiger partial charge is 0.264 e. The molecule has 0 bridgehead atoms. The van der Waals surface area contributed by atoms with Gasteiger partial charge >= 0.3 is 0 Å². The van der Waals surface area contributed by atoms with E-state index in [9.17, 15) is 14.7 Å². The molecule has 34 heavy (non-hydrogen) atoms. The Morgan fingerprint density at radius 1 is 0.971 bits per heavy atom. The van der Waals surface area contributed by atoms with Crippen LogP contribution in [0.2, 0.25) is 10.0 Å². The summed E-state index contributed by atoms with van der Waals surface area (Å²) in [5.41, 5.74) is 0.0532. The lowest BCUT2D eigenvalue weighted by atomic mass is 9.87. The number of carbonyl (C=O) groups is 2. The van der Waals surface area contributed by atoms with E-state index in [0.717, 1.165) is 10.8 Å². The molecule has 1 unspecified atom stereocenters. The molecular formula is C27H18BrCl2NO3. The van der Waals surface area contributed by atoms with Crippen LogP contribution in [-0.2, 0) is 16.9 Å².